The molecule has 0 spiro atoms. The van der Waals surface area contributed by atoms with Gasteiger partial charge in [-0.3, -0.25) is 0 Å². The Morgan fingerprint density at radius 2 is 1.81 bits per heavy atom. The van der Waals surface area contributed by atoms with Gasteiger partial charge in [-0.2, -0.15) is 0 Å². The Kier molecular flexibility index (Phi) is 4.04. The average Bonchev–Trinajstić information content (AvgIpc) is 2.32. The van der Waals surface area contributed by atoms with Crippen molar-refractivity contribution in [3.63, 3.8) is 0 Å². The van der Waals surface area contributed by atoms with Crippen molar-refractivity contribution in [1.82, 2.24) is 0 Å². The summed E-state index contributed by atoms with van der Waals surface area (Å²) in [7, 11) is 0. The smallest absolute Gasteiger partial charge is 0.350 e. The quantitative estimate of drug-likeness (QED) is 0.500. The van der Waals surface area contributed by atoms with Crippen LogP contribution >= 0.6 is 15.9 Å². The lowest BCUT2D eigenvalue weighted by Gasteiger charge is -2.29. The molecule has 112 valence electrons. The Hall–Kier alpha value is -1.89. The molecule has 0 unspecified atom stereocenters. The zero-order valence-corrected chi connectivity index (χ0v) is 13.2. The number of carbonyl (C=O) groups excluding carboxylic acids is 2. The summed E-state index contributed by atoms with van der Waals surface area (Å²) in [5.74, 6) is -3.43. The minimum Gasteiger partial charge on any atom is -0.419 e. The van der Waals surface area contributed by atoms with Gasteiger partial charge in [-0.1, -0.05) is 15.9 Å². The standard InChI is InChI=1S/C14H13BrFNO4/c1-7-4-8(15)5-10(11(7)16)17-6-9-12(18)20-14(2,3)21-13(9)19/h4-6,17H,1-3H3. The SMILES string of the molecule is Cc1cc(Br)cc(NC=C2C(=O)OC(C)(C)OC2=O)c1F. The summed E-state index contributed by atoms with van der Waals surface area (Å²) in [5, 5.41) is 2.58. The first-order valence-corrected chi connectivity index (χ1v) is 6.88. The first-order chi connectivity index (χ1) is 9.69. The maximum absolute atomic E-state index is 13.9. The van der Waals surface area contributed by atoms with Crippen LogP contribution in [0, 0.1) is 12.7 Å². The van der Waals surface area contributed by atoms with E-state index >= 15 is 0 Å². The van der Waals surface area contributed by atoms with Crippen molar-refractivity contribution in [2.75, 3.05) is 5.32 Å². The van der Waals surface area contributed by atoms with Crippen LogP contribution in [0.3, 0.4) is 0 Å². The number of esters is 2. The van der Waals surface area contributed by atoms with E-state index in [-0.39, 0.29) is 11.3 Å². The number of anilines is 1. The Labute approximate surface area is 129 Å². The number of cyclic esters (lactones) is 2. The third-order valence-electron chi connectivity index (χ3n) is 2.71. The molecule has 0 saturated carbocycles. The maximum Gasteiger partial charge on any atom is 0.350 e. The van der Waals surface area contributed by atoms with Crippen molar-refractivity contribution in [1.29, 1.82) is 0 Å². The van der Waals surface area contributed by atoms with Gasteiger partial charge in [0.15, 0.2) is 5.57 Å². The number of hydrogen-bond donors (Lipinski definition) is 1. The number of carbonyl (C=O) groups is 2. The lowest BCUT2D eigenvalue weighted by Crippen LogP contribution is -2.42. The number of hydrogen-bond acceptors (Lipinski definition) is 5. The molecule has 1 fully saturated rings. The topological polar surface area (TPSA) is 64.6 Å². The monoisotopic (exact) mass is 357 g/mol. The normalized spacial score (nSPS) is 17.1. The molecule has 1 aliphatic heterocycles. The van der Waals surface area contributed by atoms with E-state index in [1.165, 1.54) is 19.9 Å². The first-order valence-electron chi connectivity index (χ1n) is 6.08. The Morgan fingerprint density at radius 3 is 2.38 bits per heavy atom. The summed E-state index contributed by atoms with van der Waals surface area (Å²) in [4.78, 5) is 23.5. The second-order valence-corrected chi connectivity index (χ2v) is 5.88. The minimum absolute atomic E-state index is 0.125. The highest BCUT2D eigenvalue weighted by Gasteiger charge is 2.38. The molecule has 0 aliphatic carbocycles. The fourth-order valence-electron chi connectivity index (χ4n) is 1.76. The number of ether oxygens (including phenoxy) is 2. The molecule has 1 aliphatic rings. The Balaban J connectivity index is 2.26. The molecule has 5 nitrogen and oxygen atoms in total. The van der Waals surface area contributed by atoms with E-state index in [0.717, 1.165) is 6.20 Å². The summed E-state index contributed by atoms with van der Waals surface area (Å²) in [5.41, 5.74) is 0.214. The molecular weight excluding hydrogens is 345 g/mol. The summed E-state index contributed by atoms with van der Waals surface area (Å²) >= 11 is 3.24. The fraction of sp³-hybridized carbons (Fsp3) is 0.286. The van der Waals surface area contributed by atoms with Crippen LogP contribution < -0.4 is 5.32 Å². The summed E-state index contributed by atoms with van der Waals surface area (Å²) in [6.45, 7) is 4.50. The second kappa shape index (κ2) is 5.48. The second-order valence-electron chi connectivity index (χ2n) is 4.97. The van der Waals surface area contributed by atoms with Crippen LogP contribution in [0.2, 0.25) is 0 Å². The van der Waals surface area contributed by atoms with Crippen LogP contribution in [0.5, 0.6) is 0 Å². The molecule has 0 bridgehead atoms. The van der Waals surface area contributed by atoms with Crippen LogP contribution in [-0.4, -0.2) is 17.7 Å². The van der Waals surface area contributed by atoms with Crippen LogP contribution in [-0.2, 0) is 19.1 Å². The molecule has 1 aromatic carbocycles. The number of aryl methyl sites for hydroxylation is 1. The molecule has 0 amide bonds. The molecule has 1 saturated heterocycles. The molecule has 21 heavy (non-hydrogen) atoms. The molecule has 1 aromatic rings. The van der Waals surface area contributed by atoms with Gasteiger partial charge in [0.05, 0.1) is 5.69 Å². The molecule has 1 N–H and O–H groups in total. The van der Waals surface area contributed by atoms with Gasteiger partial charge >= 0.3 is 11.9 Å². The predicted molar refractivity (Wildman–Crippen MR) is 76.8 cm³/mol. The third-order valence-corrected chi connectivity index (χ3v) is 3.17. The summed E-state index contributed by atoms with van der Waals surface area (Å²) in [6.07, 6.45) is 1.07. The van der Waals surface area contributed by atoms with Gasteiger partial charge in [0, 0.05) is 24.5 Å². The van der Waals surface area contributed by atoms with E-state index in [2.05, 4.69) is 21.2 Å². The van der Waals surface area contributed by atoms with Crippen LogP contribution in [0.1, 0.15) is 19.4 Å². The van der Waals surface area contributed by atoms with Crippen molar-refractivity contribution in [3.05, 3.63) is 39.8 Å². The van der Waals surface area contributed by atoms with Gasteiger partial charge in [-0.15, -0.1) is 0 Å². The largest absolute Gasteiger partial charge is 0.419 e. The van der Waals surface area contributed by atoms with Gasteiger partial charge in [0.1, 0.15) is 5.82 Å². The Bertz CT molecular complexity index is 633. The molecule has 0 aromatic heterocycles. The lowest BCUT2D eigenvalue weighted by atomic mass is 10.2. The van der Waals surface area contributed by atoms with E-state index in [1.807, 2.05) is 0 Å². The number of benzene rings is 1. The molecule has 2 rings (SSSR count). The van der Waals surface area contributed by atoms with Crippen LogP contribution in [0.25, 0.3) is 0 Å². The highest BCUT2D eigenvalue weighted by Crippen LogP contribution is 2.26. The average molecular weight is 358 g/mol. The van der Waals surface area contributed by atoms with E-state index in [4.69, 9.17) is 9.47 Å². The van der Waals surface area contributed by atoms with E-state index in [1.54, 1.807) is 13.0 Å². The zero-order valence-electron chi connectivity index (χ0n) is 11.6. The van der Waals surface area contributed by atoms with Crippen molar-refractivity contribution in [3.8, 4) is 0 Å². The molecule has 1 heterocycles. The van der Waals surface area contributed by atoms with Crippen LogP contribution in [0.4, 0.5) is 10.1 Å². The molecule has 7 heteroatoms. The van der Waals surface area contributed by atoms with Gasteiger partial charge in [-0.25, -0.2) is 14.0 Å². The third kappa shape index (κ3) is 3.41. The highest BCUT2D eigenvalue weighted by molar-refractivity contribution is 9.10. The maximum atomic E-state index is 13.9. The zero-order chi connectivity index (χ0) is 15.8. The van der Waals surface area contributed by atoms with Crippen molar-refractivity contribution < 1.29 is 23.5 Å². The van der Waals surface area contributed by atoms with Gasteiger partial charge in [-0.05, 0) is 24.6 Å². The number of nitrogens with one attached hydrogen (secondary N) is 1. The first kappa shape index (κ1) is 15.5. The van der Waals surface area contributed by atoms with Crippen molar-refractivity contribution in [2.24, 2.45) is 0 Å². The highest BCUT2D eigenvalue weighted by atomic mass is 79.9. The van der Waals surface area contributed by atoms with Crippen molar-refractivity contribution >= 4 is 33.6 Å². The molecular formula is C14H13BrFNO4. The molecule has 0 atom stereocenters. The molecule has 0 radical (unpaired) electrons. The van der Waals surface area contributed by atoms with E-state index in [0.29, 0.717) is 10.0 Å². The van der Waals surface area contributed by atoms with E-state index in [9.17, 15) is 14.0 Å². The minimum atomic E-state index is -1.30. The van der Waals surface area contributed by atoms with Gasteiger partial charge < -0.3 is 14.8 Å². The van der Waals surface area contributed by atoms with Gasteiger partial charge in [0.25, 0.3) is 5.79 Å². The summed E-state index contributed by atoms with van der Waals surface area (Å²) in [6, 6.07) is 3.10. The van der Waals surface area contributed by atoms with Crippen LogP contribution in [0.15, 0.2) is 28.4 Å². The summed E-state index contributed by atoms with van der Waals surface area (Å²) < 4.78 is 24.4. The van der Waals surface area contributed by atoms with Crippen molar-refractivity contribution in [2.45, 2.75) is 26.6 Å². The fourth-order valence-corrected chi connectivity index (χ4v) is 2.33. The van der Waals surface area contributed by atoms with Gasteiger partial charge in [0.2, 0.25) is 0 Å². The van der Waals surface area contributed by atoms with E-state index < -0.39 is 23.5 Å². The number of rotatable bonds is 2. The predicted octanol–water partition coefficient (Wildman–Crippen LogP) is 3.03. The lowest BCUT2D eigenvalue weighted by molar-refractivity contribution is -0.222. The number of halogens is 2. The Morgan fingerprint density at radius 1 is 1.24 bits per heavy atom.